The van der Waals surface area contributed by atoms with Crippen molar-refractivity contribution in [2.24, 2.45) is 0 Å². The lowest BCUT2D eigenvalue weighted by Crippen LogP contribution is -1.93. The number of nitrogens with zero attached hydrogens (tertiary/aromatic N) is 2. The summed E-state index contributed by atoms with van der Waals surface area (Å²) < 4.78 is 18.5. The van der Waals surface area contributed by atoms with Crippen LogP contribution < -0.4 is 0 Å². The molecule has 84 valence electrons. The van der Waals surface area contributed by atoms with Crippen molar-refractivity contribution in [2.75, 3.05) is 0 Å². The number of aromatic nitrogens is 1. The van der Waals surface area contributed by atoms with Crippen LogP contribution in [0.4, 0.5) is 10.1 Å². The summed E-state index contributed by atoms with van der Waals surface area (Å²) in [5, 5.41) is 10.2. The van der Waals surface area contributed by atoms with Crippen LogP contribution in [0.5, 0.6) is 0 Å². The van der Waals surface area contributed by atoms with Gasteiger partial charge in [0.25, 0.3) is 0 Å². The molecular formula is C9H6ClFN2O3. The van der Waals surface area contributed by atoms with E-state index in [4.69, 9.17) is 16.0 Å². The van der Waals surface area contributed by atoms with Gasteiger partial charge in [-0.2, -0.15) is 4.39 Å². The van der Waals surface area contributed by atoms with E-state index in [1.165, 1.54) is 0 Å². The molecule has 5 nitrogen and oxygen atoms in total. The molecule has 0 saturated carbocycles. The lowest BCUT2D eigenvalue weighted by molar-refractivity contribution is -0.387. The Kier molecular flexibility index (Phi) is 2.51. The molecule has 0 radical (unpaired) electrons. The monoisotopic (exact) mass is 244 g/mol. The molecule has 0 spiro atoms. The molecule has 2 rings (SSSR count). The number of fused-ring (bicyclic) bond motifs is 1. The van der Waals surface area contributed by atoms with E-state index in [9.17, 15) is 14.5 Å². The zero-order chi connectivity index (χ0) is 11.9. The summed E-state index contributed by atoms with van der Waals surface area (Å²) >= 11 is 5.70. The Morgan fingerprint density at radius 2 is 2.38 bits per heavy atom. The Bertz CT molecular complexity index is 582. The fourth-order valence-corrected chi connectivity index (χ4v) is 1.65. The lowest BCUT2D eigenvalue weighted by Gasteiger charge is -1.96. The Morgan fingerprint density at radius 1 is 1.69 bits per heavy atom. The van der Waals surface area contributed by atoms with Crippen LogP contribution in [0.2, 0.25) is 5.02 Å². The minimum Gasteiger partial charge on any atom is -0.439 e. The quantitative estimate of drug-likeness (QED) is 0.601. The standard InChI is InChI=1S/C9H6ClFN2O3/c1-2-6-12-5-3-4(11)8(13(14)15)7(10)9(5)16-6/h3H,2H2,1H3. The van der Waals surface area contributed by atoms with Crippen LogP contribution >= 0.6 is 11.6 Å². The van der Waals surface area contributed by atoms with Crippen molar-refractivity contribution in [1.29, 1.82) is 0 Å². The summed E-state index contributed by atoms with van der Waals surface area (Å²) in [4.78, 5) is 13.6. The predicted octanol–water partition coefficient (Wildman–Crippen LogP) is 3.09. The second-order valence-corrected chi connectivity index (χ2v) is 3.47. The number of aryl methyl sites for hydroxylation is 1. The van der Waals surface area contributed by atoms with Crippen molar-refractivity contribution in [3.05, 3.63) is 32.9 Å². The van der Waals surface area contributed by atoms with E-state index in [0.717, 1.165) is 6.07 Å². The van der Waals surface area contributed by atoms with Gasteiger partial charge in [0.15, 0.2) is 16.5 Å². The zero-order valence-electron chi connectivity index (χ0n) is 8.16. The molecule has 0 aliphatic heterocycles. The highest BCUT2D eigenvalue weighted by atomic mass is 35.5. The summed E-state index contributed by atoms with van der Waals surface area (Å²) in [6.07, 6.45) is 0.500. The van der Waals surface area contributed by atoms with Gasteiger partial charge < -0.3 is 4.42 Å². The van der Waals surface area contributed by atoms with Gasteiger partial charge in [0.2, 0.25) is 5.82 Å². The number of oxazole rings is 1. The van der Waals surface area contributed by atoms with Gasteiger partial charge in [0.05, 0.1) is 4.92 Å². The fourth-order valence-electron chi connectivity index (χ4n) is 1.35. The molecule has 0 unspecified atom stereocenters. The first-order chi connectivity index (χ1) is 7.54. The summed E-state index contributed by atoms with van der Waals surface area (Å²) in [5.74, 6) is -0.657. The summed E-state index contributed by atoms with van der Waals surface area (Å²) in [5.41, 5.74) is -0.551. The smallest absolute Gasteiger partial charge is 0.327 e. The molecule has 2 aromatic rings. The second-order valence-electron chi connectivity index (χ2n) is 3.09. The molecule has 7 heteroatoms. The van der Waals surface area contributed by atoms with E-state index >= 15 is 0 Å². The molecule has 0 amide bonds. The van der Waals surface area contributed by atoms with E-state index in [-0.39, 0.29) is 16.1 Å². The first kappa shape index (κ1) is 10.8. The molecule has 0 N–H and O–H groups in total. The minimum absolute atomic E-state index is 0.0478. The molecular weight excluding hydrogens is 239 g/mol. The summed E-state index contributed by atoms with van der Waals surface area (Å²) in [7, 11) is 0. The number of nitro groups is 1. The maximum Gasteiger partial charge on any atom is 0.327 e. The van der Waals surface area contributed by atoms with Crippen LogP contribution in [-0.4, -0.2) is 9.91 Å². The van der Waals surface area contributed by atoms with Gasteiger partial charge in [-0.3, -0.25) is 10.1 Å². The van der Waals surface area contributed by atoms with Gasteiger partial charge in [-0.05, 0) is 0 Å². The maximum atomic E-state index is 13.3. The van der Waals surface area contributed by atoms with Crippen molar-refractivity contribution in [3.8, 4) is 0 Å². The van der Waals surface area contributed by atoms with E-state index in [1.54, 1.807) is 6.92 Å². The number of benzene rings is 1. The van der Waals surface area contributed by atoms with Gasteiger partial charge in [-0.25, -0.2) is 4.98 Å². The van der Waals surface area contributed by atoms with Gasteiger partial charge in [0, 0.05) is 12.5 Å². The van der Waals surface area contributed by atoms with E-state index in [2.05, 4.69) is 4.98 Å². The van der Waals surface area contributed by atoms with Crippen LogP contribution in [0.15, 0.2) is 10.5 Å². The molecule has 0 fully saturated rings. The van der Waals surface area contributed by atoms with Crippen LogP contribution in [0, 0.1) is 15.9 Å². The van der Waals surface area contributed by atoms with E-state index < -0.39 is 16.4 Å². The summed E-state index contributed by atoms with van der Waals surface area (Å²) in [6, 6.07) is 0.946. The zero-order valence-corrected chi connectivity index (χ0v) is 8.92. The van der Waals surface area contributed by atoms with Crippen molar-refractivity contribution in [1.82, 2.24) is 4.98 Å². The number of halogens is 2. The Morgan fingerprint density at radius 3 is 2.94 bits per heavy atom. The van der Waals surface area contributed by atoms with Gasteiger partial charge >= 0.3 is 5.69 Å². The molecule has 0 atom stereocenters. The molecule has 0 aliphatic carbocycles. The van der Waals surface area contributed by atoms with Crippen molar-refractivity contribution < 1.29 is 13.7 Å². The first-order valence-electron chi connectivity index (χ1n) is 4.46. The molecule has 16 heavy (non-hydrogen) atoms. The fraction of sp³-hybridized carbons (Fsp3) is 0.222. The number of hydrogen-bond donors (Lipinski definition) is 0. The van der Waals surface area contributed by atoms with Crippen LogP contribution in [-0.2, 0) is 6.42 Å². The molecule has 1 heterocycles. The van der Waals surface area contributed by atoms with Gasteiger partial charge in [-0.15, -0.1) is 0 Å². The topological polar surface area (TPSA) is 69.2 Å². The highest BCUT2D eigenvalue weighted by Gasteiger charge is 2.25. The Labute approximate surface area is 94.0 Å². The largest absolute Gasteiger partial charge is 0.439 e. The van der Waals surface area contributed by atoms with Crippen molar-refractivity contribution in [2.45, 2.75) is 13.3 Å². The molecule has 1 aromatic carbocycles. The highest BCUT2D eigenvalue weighted by molar-refractivity contribution is 6.36. The number of nitro benzene ring substituents is 1. The molecule has 0 aliphatic rings. The second kappa shape index (κ2) is 3.71. The normalized spacial score (nSPS) is 10.9. The Hall–Kier alpha value is -1.69. The van der Waals surface area contributed by atoms with Crippen LogP contribution in [0.25, 0.3) is 11.1 Å². The van der Waals surface area contributed by atoms with Crippen LogP contribution in [0.3, 0.4) is 0 Å². The SMILES string of the molecule is CCc1nc2cc(F)c([N+](=O)[O-])c(Cl)c2o1. The summed E-state index contributed by atoms with van der Waals surface area (Å²) in [6.45, 7) is 1.80. The third kappa shape index (κ3) is 1.51. The Balaban J connectivity index is 2.81. The van der Waals surface area contributed by atoms with Crippen LogP contribution in [0.1, 0.15) is 12.8 Å². The third-order valence-corrected chi connectivity index (χ3v) is 2.43. The number of hydrogen-bond acceptors (Lipinski definition) is 4. The first-order valence-corrected chi connectivity index (χ1v) is 4.84. The van der Waals surface area contributed by atoms with E-state index in [0.29, 0.717) is 12.3 Å². The third-order valence-electron chi connectivity index (χ3n) is 2.08. The highest BCUT2D eigenvalue weighted by Crippen LogP contribution is 2.35. The molecule has 1 aromatic heterocycles. The average molecular weight is 245 g/mol. The van der Waals surface area contributed by atoms with E-state index in [1.807, 2.05) is 0 Å². The average Bonchev–Trinajstić information content (AvgIpc) is 2.60. The van der Waals surface area contributed by atoms with Crippen molar-refractivity contribution >= 4 is 28.4 Å². The maximum absolute atomic E-state index is 13.3. The molecule has 0 bridgehead atoms. The minimum atomic E-state index is -1.02. The van der Waals surface area contributed by atoms with Gasteiger partial charge in [-0.1, -0.05) is 18.5 Å². The number of rotatable bonds is 2. The predicted molar refractivity (Wildman–Crippen MR) is 55.0 cm³/mol. The van der Waals surface area contributed by atoms with Crippen molar-refractivity contribution in [3.63, 3.8) is 0 Å². The lowest BCUT2D eigenvalue weighted by atomic mass is 10.3. The van der Waals surface area contributed by atoms with Gasteiger partial charge in [0.1, 0.15) is 5.52 Å². The molecule has 0 saturated heterocycles.